The molecule has 0 saturated carbocycles. The summed E-state index contributed by atoms with van der Waals surface area (Å²) in [5, 5.41) is 16.7. The van der Waals surface area contributed by atoms with E-state index in [-0.39, 0.29) is 11.6 Å². The largest absolute Gasteiger partial charge is 0.478 e. The van der Waals surface area contributed by atoms with Gasteiger partial charge in [0, 0.05) is 24.9 Å². The molecule has 3 aromatic rings. The van der Waals surface area contributed by atoms with Gasteiger partial charge in [0.1, 0.15) is 5.69 Å². The average molecular weight is 359 g/mol. The fourth-order valence-electron chi connectivity index (χ4n) is 2.22. The first kappa shape index (κ1) is 16.8. The number of hydrogen-bond donors (Lipinski definition) is 2. The van der Waals surface area contributed by atoms with Gasteiger partial charge < -0.3 is 10.4 Å². The van der Waals surface area contributed by atoms with Crippen molar-refractivity contribution in [1.82, 2.24) is 24.7 Å². The fourth-order valence-corrected chi connectivity index (χ4v) is 2.42. The number of pyridine rings is 1. The molecule has 0 aliphatic rings. The first-order valence-corrected chi connectivity index (χ1v) is 7.87. The van der Waals surface area contributed by atoms with Gasteiger partial charge in [-0.2, -0.15) is 5.10 Å². The Bertz CT molecular complexity index is 880. The summed E-state index contributed by atoms with van der Waals surface area (Å²) in [6, 6.07) is 3.62. The van der Waals surface area contributed by atoms with Crippen LogP contribution < -0.4 is 5.32 Å². The smallest absolute Gasteiger partial charge is 0.338 e. The molecule has 0 aromatic carbocycles. The zero-order chi connectivity index (χ0) is 17.8. The number of halogens is 1. The molecule has 1 unspecified atom stereocenters. The monoisotopic (exact) mass is 358 g/mol. The number of anilines is 1. The van der Waals surface area contributed by atoms with Gasteiger partial charge in [0.15, 0.2) is 0 Å². The third-order valence-electron chi connectivity index (χ3n) is 3.44. The minimum atomic E-state index is -1.03. The molecule has 0 amide bonds. The Morgan fingerprint density at radius 2 is 2.08 bits per heavy atom. The third-order valence-corrected chi connectivity index (χ3v) is 3.79. The number of carboxylic acid groups (broad SMARTS) is 1. The Hall–Kier alpha value is -3.00. The molecule has 2 N–H and O–H groups in total. The molecule has 0 aliphatic heterocycles. The van der Waals surface area contributed by atoms with Crippen LogP contribution >= 0.6 is 11.6 Å². The first-order valence-electron chi connectivity index (χ1n) is 7.49. The Labute approximate surface area is 148 Å². The minimum absolute atomic E-state index is 0.0292. The van der Waals surface area contributed by atoms with Crippen LogP contribution in [0.15, 0.2) is 43.1 Å². The van der Waals surface area contributed by atoms with Gasteiger partial charge in [-0.3, -0.25) is 4.98 Å². The normalized spacial score (nSPS) is 11.9. The molecule has 0 bridgehead atoms. The number of hydrogen-bond acceptors (Lipinski definition) is 6. The van der Waals surface area contributed by atoms with Gasteiger partial charge in [0.2, 0.25) is 5.95 Å². The molecule has 3 rings (SSSR count). The lowest BCUT2D eigenvalue weighted by Gasteiger charge is -2.14. The maximum Gasteiger partial charge on any atom is 0.338 e. The maximum absolute atomic E-state index is 10.9. The van der Waals surface area contributed by atoms with Crippen LogP contribution in [0.5, 0.6) is 0 Å². The van der Waals surface area contributed by atoms with E-state index in [4.69, 9.17) is 16.7 Å². The molecule has 25 heavy (non-hydrogen) atoms. The number of carbonyl (C=O) groups is 1. The lowest BCUT2D eigenvalue weighted by Crippen LogP contribution is -2.20. The van der Waals surface area contributed by atoms with E-state index >= 15 is 0 Å². The van der Waals surface area contributed by atoms with Crippen molar-refractivity contribution >= 4 is 23.5 Å². The Morgan fingerprint density at radius 3 is 2.72 bits per heavy atom. The second kappa shape index (κ2) is 7.27. The topological polar surface area (TPSA) is 106 Å². The Kier molecular flexibility index (Phi) is 4.90. The van der Waals surface area contributed by atoms with E-state index in [1.54, 1.807) is 30.7 Å². The van der Waals surface area contributed by atoms with Crippen LogP contribution in [-0.2, 0) is 6.42 Å². The fraction of sp³-hybridized carbons (Fsp3) is 0.188. The molecule has 1 atom stereocenters. The van der Waals surface area contributed by atoms with Crippen molar-refractivity contribution in [3.8, 4) is 5.69 Å². The highest BCUT2D eigenvalue weighted by atomic mass is 35.5. The lowest BCUT2D eigenvalue weighted by atomic mass is 10.1. The van der Waals surface area contributed by atoms with Gasteiger partial charge in [-0.15, -0.1) is 0 Å². The number of aromatic carboxylic acids is 1. The van der Waals surface area contributed by atoms with E-state index in [9.17, 15) is 4.79 Å². The summed E-state index contributed by atoms with van der Waals surface area (Å²) in [7, 11) is 0. The molecule has 8 nitrogen and oxygen atoms in total. The summed E-state index contributed by atoms with van der Waals surface area (Å²) in [5.41, 5.74) is 1.47. The van der Waals surface area contributed by atoms with Crippen LogP contribution in [0.2, 0.25) is 5.02 Å². The minimum Gasteiger partial charge on any atom is -0.478 e. The summed E-state index contributed by atoms with van der Waals surface area (Å²) in [5.74, 6) is -0.582. The lowest BCUT2D eigenvalue weighted by molar-refractivity contribution is 0.0697. The highest BCUT2D eigenvalue weighted by molar-refractivity contribution is 6.31. The summed E-state index contributed by atoms with van der Waals surface area (Å²) in [6.07, 6.45) is 8.14. The molecular formula is C16H15ClN6O2. The van der Waals surface area contributed by atoms with Gasteiger partial charge >= 0.3 is 5.97 Å². The van der Waals surface area contributed by atoms with E-state index < -0.39 is 5.97 Å². The second-order valence-electron chi connectivity index (χ2n) is 5.43. The van der Waals surface area contributed by atoms with Crippen LogP contribution in [0.3, 0.4) is 0 Å². The van der Waals surface area contributed by atoms with E-state index in [0.29, 0.717) is 23.1 Å². The van der Waals surface area contributed by atoms with Crippen LogP contribution in [-0.4, -0.2) is 41.9 Å². The van der Waals surface area contributed by atoms with Gasteiger partial charge in [-0.05, 0) is 19.1 Å². The summed E-state index contributed by atoms with van der Waals surface area (Å²) in [6.45, 7) is 1.98. The second-order valence-corrected chi connectivity index (χ2v) is 5.83. The first-order chi connectivity index (χ1) is 12.0. The van der Waals surface area contributed by atoms with Crippen LogP contribution in [0.4, 0.5) is 5.95 Å². The van der Waals surface area contributed by atoms with Crippen molar-refractivity contribution in [1.29, 1.82) is 0 Å². The van der Waals surface area contributed by atoms with Crippen molar-refractivity contribution in [3.63, 3.8) is 0 Å². The molecule has 9 heteroatoms. The average Bonchev–Trinajstić information content (AvgIpc) is 3.08. The van der Waals surface area contributed by atoms with Crippen molar-refractivity contribution in [2.45, 2.75) is 19.4 Å². The van der Waals surface area contributed by atoms with E-state index in [1.165, 1.54) is 17.1 Å². The van der Waals surface area contributed by atoms with Crippen molar-refractivity contribution in [2.75, 3.05) is 5.32 Å². The molecule has 0 aliphatic carbocycles. The van der Waals surface area contributed by atoms with Gasteiger partial charge in [0.25, 0.3) is 0 Å². The SMILES string of the molecule is CC(Cc1ncccc1Cl)Nc1ncc(-n2cc(C(=O)O)cn2)cn1. The molecule has 0 saturated heterocycles. The molecule has 0 fully saturated rings. The molecule has 3 heterocycles. The summed E-state index contributed by atoms with van der Waals surface area (Å²) < 4.78 is 1.41. The van der Waals surface area contributed by atoms with E-state index in [1.807, 2.05) is 6.92 Å². The highest BCUT2D eigenvalue weighted by Gasteiger charge is 2.10. The zero-order valence-corrected chi connectivity index (χ0v) is 14.1. The van der Waals surface area contributed by atoms with Crippen LogP contribution in [0, 0.1) is 0 Å². The summed E-state index contributed by atoms with van der Waals surface area (Å²) >= 11 is 6.11. The van der Waals surface area contributed by atoms with Crippen LogP contribution in [0.1, 0.15) is 23.0 Å². The van der Waals surface area contributed by atoms with Gasteiger partial charge in [-0.1, -0.05) is 11.6 Å². The molecule has 0 radical (unpaired) electrons. The van der Waals surface area contributed by atoms with Crippen molar-refractivity contribution in [2.24, 2.45) is 0 Å². The standard InChI is InChI=1S/C16H15ClN6O2/c1-10(5-14-13(17)3-2-4-18-14)22-16-19-7-12(8-20-16)23-9-11(6-21-23)15(24)25/h2-4,6-10H,5H2,1H3,(H,24,25)(H,19,20,22). The maximum atomic E-state index is 10.9. The molecule has 128 valence electrons. The quantitative estimate of drug-likeness (QED) is 0.697. The number of nitrogens with zero attached hydrogens (tertiary/aromatic N) is 5. The predicted octanol–water partition coefficient (Wildman–Crippen LogP) is 2.45. The number of nitrogens with one attached hydrogen (secondary N) is 1. The number of carboxylic acids is 1. The van der Waals surface area contributed by atoms with Gasteiger partial charge in [0.05, 0.1) is 34.9 Å². The highest BCUT2D eigenvalue weighted by Crippen LogP contribution is 2.15. The zero-order valence-electron chi connectivity index (χ0n) is 13.3. The summed E-state index contributed by atoms with van der Waals surface area (Å²) in [4.78, 5) is 23.6. The molecule has 3 aromatic heterocycles. The van der Waals surface area contributed by atoms with Crippen LogP contribution in [0.25, 0.3) is 5.69 Å². The van der Waals surface area contributed by atoms with Crippen molar-refractivity contribution < 1.29 is 9.90 Å². The Morgan fingerprint density at radius 1 is 1.32 bits per heavy atom. The van der Waals surface area contributed by atoms with E-state index in [0.717, 1.165) is 5.69 Å². The van der Waals surface area contributed by atoms with Gasteiger partial charge in [-0.25, -0.2) is 19.4 Å². The number of rotatable bonds is 6. The number of aromatic nitrogens is 5. The Balaban J connectivity index is 1.65. The third kappa shape index (κ3) is 4.10. The predicted molar refractivity (Wildman–Crippen MR) is 92.1 cm³/mol. The molecule has 0 spiro atoms. The van der Waals surface area contributed by atoms with Crippen molar-refractivity contribution in [3.05, 3.63) is 59.4 Å². The molecular weight excluding hydrogens is 344 g/mol. The van der Waals surface area contributed by atoms with E-state index in [2.05, 4.69) is 25.4 Å².